The Hall–Kier alpha value is -1.76. The lowest BCUT2D eigenvalue weighted by Crippen LogP contribution is -2.17. The summed E-state index contributed by atoms with van der Waals surface area (Å²) in [4.78, 5) is 4.07. The van der Waals surface area contributed by atoms with Crippen molar-refractivity contribution in [1.29, 1.82) is 0 Å². The Morgan fingerprint density at radius 1 is 1.15 bits per heavy atom. The summed E-state index contributed by atoms with van der Waals surface area (Å²) in [5, 5.41) is 0. The fraction of sp³-hybridized carbons (Fsp3) is 0.154. The summed E-state index contributed by atoms with van der Waals surface area (Å²) in [6.07, 6.45) is -3.09. The van der Waals surface area contributed by atoms with E-state index < -0.39 is 6.36 Å². The molecule has 0 amide bonds. The van der Waals surface area contributed by atoms with E-state index in [1.54, 1.807) is 18.3 Å². The van der Waals surface area contributed by atoms with E-state index in [0.29, 0.717) is 5.75 Å². The topological polar surface area (TPSA) is 31.4 Å². The maximum Gasteiger partial charge on any atom is 0.573 e. The second-order valence-corrected chi connectivity index (χ2v) is 4.60. The first-order valence-electron chi connectivity index (χ1n) is 5.52. The average molecular weight is 348 g/mol. The van der Waals surface area contributed by atoms with Crippen LogP contribution in [0.3, 0.4) is 0 Å². The summed E-state index contributed by atoms with van der Waals surface area (Å²) in [5.74, 6) is 0.0970. The van der Waals surface area contributed by atoms with Gasteiger partial charge in [0, 0.05) is 6.20 Å². The SMILES string of the molecule is FC(F)(F)Oc1ccc(OCc2ccccn2)cc1Br. The van der Waals surface area contributed by atoms with E-state index in [9.17, 15) is 13.2 Å². The van der Waals surface area contributed by atoms with Crippen molar-refractivity contribution in [3.05, 3.63) is 52.8 Å². The van der Waals surface area contributed by atoms with Gasteiger partial charge in [0.1, 0.15) is 18.1 Å². The van der Waals surface area contributed by atoms with E-state index in [1.807, 2.05) is 6.07 Å². The number of hydrogen-bond donors (Lipinski definition) is 0. The maximum atomic E-state index is 12.1. The minimum absolute atomic E-state index is 0.161. The van der Waals surface area contributed by atoms with Crippen LogP contribution in [0.1, 0.15) is 5.69 Å². The molecule has 0 fully saturated rings. The average Bonchev–Trinajstić information content (AvgIpc) is 2.39. The Morgan fingerprint density at radius 3 is 2.55 bits per heavy atom. The molecule has 1 aromatic heterocycles. The predicted molar refractivity (Wildman–Crippen MR) is 69.4 cm³/mol. The van der Waals surface area contributed by atoms with Crippen LogP contribution >= 0.6 is 15.9 Å². The Balaban J connectivity index is 2.02. The third-order valence-electron chi connectivity index (χ3n) is 2.24. The first-order chi connectivity index (χ1) is 9.44. The number of halogens is 4. The lowest BCUT2D eigenvalue weighted by atomic mass is 10.3. The summed E-state index contributed by atoms with van der Waals surface area (Å²) in [5.41, 5.74) is 0.722. The van der Waals surface area contributed by atoms with E-state index >= 15 is 0 Å². The smallest absolute Gasteiger partial charge is 0.487 e. The van der Waals surface area contributed by atoms with Crippen LogP contribution in [-0.4, -0.2) is 11.3 Å². The van der Waals surface area contributed by atoms with Crippen molar-refractivity contribution in [2.45, 2.75) is 13.0 Å². The van der Waals surface area contributed by atoms with E-state index in [-0.39, 0.29) is 16.8 Å². The highest BCUT2D eigenvalue weighted by Gasteiger charge is 2.31. The van der Waals surface area contributed by atoms with Crippen molar-refractivity contribution in [3.8, 4) is 11.5 Å². The predicted octanol–water partition coefficient (Wildman–Crippen LogP) is 4.32. The lowest BCUT2D eigenvalue weighted by molar-refractivity contribution is -0.274. The van der Waals surface area contributed by atoms with Gasteiger partial charge in [-0.25, -0.2) is 0 Å². The van der Waals surface area contributed by atoms with Crippen LogP contribution in [0.5, 0.6) is 11.5 Å². The number of ether oxygens (including phenoxy) is 2. The van der Waals surface area contributed by atoms with Crippen LogP contribution in [-0.2, 0) is 6.61 Å². The molecule has 106 valence electrons. The lowest BCUT2D eigenvalue weighted by Gasteiger charge is -2.12. The zero-order valence-electron chi connectivity index (χ0n) is 10.0. The summed E-state index contributed by atoms with van der Waals surface area (Å²) >= 11 is 3.01. The molecule has 20 heavy (non-hydrogen) atoms. The molecule has 2 rings (SSSR count). The molecule has 0 N–H and O–H groups in total. The molecule has 0 aliphatic heterocycles. The van der Waals surface area contributed by atoms with Gasteiger partial charge in [-0.05, 0) is 46.3 Å². The van der Waals surface area contributed by atoms with Gasteiger partial charge in [-0.2, -0.15) is 0 Å². The highest BCUT2D eigenvalue weighted by molar-refractivity contribution is 9.10. The molecular formula is C13H9BrF3NO2. The van der Waals surface area contributed by atoms with E-state index in [0.717, 1.165) is 5.69 Å². The fourth-order valence-corrected chi connectivity index (χ4v) is 1.86. The van der Waals surface area contributed by atoms with Crippen LogP contribution in [0, 0.1) is 0 Å². The van der Waals surface area contributed by atoms with Gasteiger partial charge in [0.25, 0.3) is 0 Å². The van der Waals surface area contributed by atoms with Crippen molar-refractivity contribution >= 4 is 15.9 Å². The molecule has 3 nitrogen and oxygen atoms in total. The number of rotatable bonds is 4. The summed E-state index contributed by atoms with van der Waals surface area (Å²) in [6.45, 7) is 0.229. The second kappa shape index (κ2) is 6.13. The highest BCUT2D eigenvalue weighted by Crippen LogP contribution is 2.33. The molecule has 2 aromatic rings. The van der Waals surface area contributed by atoms with Crippen molar-refractivity contribution < 1.29 is 22.6 Å². The molecule has 7 heteroatoms. The standard InChI is InChI=1S/C13H9BrF3NO2/c14-11-7-10(4-5-12(11)20-13(15,16)17)19-8-9-3-1-2-6-18-9/h1-7H,8H2. The molecule has 0 unspecified atom stereocenters. The minimum atomic E-state index is -4.72. The van der Waals surface area contributed by atoms with Crippen molar-refractivity contribution in [3.63, 3.8) is 0 Å². The van der Waals surface area contributed by atoms with Crippen molar-refractivity contribution in [2.75, 3.05) is 0 Å². The fourth-order valence-electron chi connectivity index (χ4n) is 1.42. The highest BCUT2D eigenvalue weighted by atomic mass is 79.9. The Labute approximate surface area is 121 Å². The number of pyridine rings is 1. The number of alkyl halides is 3. The Bertz CT molecular complexity index is 576. The van der Waals surface area contributed by atoms with E-state index in [2.05, 4.69) is 25.7 Å². The molecule has 0 spiro atoms. The van der Waals surface area contributed by atoms with Crippen LogP contribution in [0.15, 0.2) is 47.1 Å². The summed E-state index contributed by atoms with van der Waals surface area (Å²) in [7, 11) is 0. The third kappa shape index (κ3) is 4.41. The molecule has 1 heterocycles. The van der Waals surface area contributed by atoms with E-state index in [4.69, 9.17) is 4.74 Å². The van der Waals surface area contributed by atoms with Gasteiger partial charge in [0.2, 0.25) is 0 Å². The number of benzene rings is 1. The van der Waals surface area contributed by atoms with Gasteiger partial charge in [-0.1, -0.05) is 6.07 Å². The maximum absolute atomic E-state index is 12.1. The van der Waals surface area contributed by atoms with Crippen LogP contribution in [0.4, 0.5) is 13.2 Å². The van der Waals surface area contributed by atoms with Gasteiger partial charge < -0.3 is 9.47 Å². The van der Waals surface area contributed by atoms with E-state index in [1.165, 1.54) is 18.2 Å². The summed E-state index contributed by atoms with van der Waals surface area (Å²) < 4.78 is 45.8. The Morgan fingerprint density at radius 2 is 1.95 bits per heavy atom. The molecule has 0 saturated carbocycles. The normalized spacial score (nSPS) is 11.2. The van der Waals surface area contributed by atoms with Gasteiger partial charge in [-0.3, -0.25) is 4.98 Å². The molecule has 0 aliphatic rings. The molecule has 0 radical (unpaired) electrons. The largest absolute Gasteiger partial charge is 0.573 e. The van der Waals surface area contributed by atoms with Gasteiger partial charge in [-0.15, -0.1) is 13.2 Å². The number of hydrogen-bond acceptors (Lipinski definition) is 3. The molecule has 0 bridgehead atoms. The summed E-state index contributed by atoms with van der Waals surface area (Å²) in [6, 6.07) is 9.38. The first-order valence-corrected chi connectivity index (χ1v) is 6.31. The zero-order valence-corrected chi connectivity index (χ0v) is 11.6. The quantitative estimate of drug-likeness (QED) is 0.825. The number of nitrogens with zero attached hydrogens (tertiary/aromatic N) is 1. The zero-order chi connectivity index (χ0) is 14.6. The van der Waals surface area contributed by atoms with Gasteiger partial charge in [0.05, 0.1) is 10.2 Å². The number of aromatic nitrogens is 1. The molecule has 0 saturated heterocycles. The second-order valence-electron chi connectivity index (χ2n) is 3.75. The molecule has 0 atom stereocenters. The Kier molecular flexibility index (Phi) is 4.49. The third-order valence-corrected chi connectivity index (χ3v) is 2.86. The first kappa shape index (κ1) is 14.6. The molecule has 0 aliphatic carbocycles. The molecular weight excluding hydrogens is 339 g/mol. The molecule has 1 aromatic carbocycles. The van der Waals surface area contributed by atoms with Crippen LogP contribution in [0.25, 0.3) is 0 Å². The minimum Gasteiger partial charge on any atom is -0.487 e. The van der Waals surface area contributed by atoms with Crippen LogP contribution < -0.4 is 9.47 Å². The van der Waals surface area contributed by atoms with Crippen molar-refractivity contribution in [1.82, 2.24) is 4.98 Å². The van der Waals surface area contributed by atoms with Gasteiger partial charge in [0.15, 0.2) is 0 Å². The monoisotopic (exact) mass is 347 g/mol. The van der Waals surface area contributed by atoms with Gasteiger partial charge >= 0.3 is 6.36 Å². The van der Waals surface area contributed by atoms with Crippen molar-refractivity contribution in [2.24, 2.45) is 0 Å². The van der Waals surface area contributed by atoms with Crippen LogP contribution in [0.2, 0.25) is 0 Å².